The fraction of sp³-hybridized carbons (Fsp3) is 0.966. The minimum absolute atomic E-state index is 0.0244. The van der Waals surface area contributed by atoms with Crippen LogP contribution in [0.4, 0.5) is 13.2 Å². The van der Waals surface area contributed by atoms with Gasteiger partial charge in [-0.05, 0) is 104 Å². The number of carbonyl (C=O) groups is 1. The maximum Gasteiger partial charge on any atom is 0.490 e. The predicted octanol–water partition coefficient (Wildman–Crippen LogP) is 9.00. The summed E-state index contributed by atoms with van der Waals surface area (Å²) in [6.45, 7) is 12.0. The first-order chi connectivity index (χ1) is 16.3. The lowest BCUT2D eigenvalue weighted by Crippen LogP contribution is -2.56. The molecule has 0 aromatic heterocycles. The van der Waals surface area contributed by atoms with Gasteiger partial charge in [-0.1, -0.05) is 76.5 Å². The third-order valence-electron chi connectivity index (χ3n) is 11.3. The number of hydrogen-bond acceptors (Lipinski definition) is 2. The Morgan fingerprint density at radius 3 is 2.34 bits per heavy atom. The molecular formula is C29H46F3IO2. The number of fused-ring (bicyclic) bond motifs is 5. The van der Waals surface area contributed by atoms with E-state index in [1.807, 2.05) is 0 Å². The van der Waals surface area contributed by atoms with Crippen molar-refractivity contribution in [2.75, 3.05) is 0 Å². The zero-order valence-corrected chi connectivity index (χ0v) is 24.5. The molecular weight excluding hydrogens is 564 g/mol. The molecule has 10 unspecified atom stereocenters. The molecule has 2 nitrogen and oxygen atoms in total. The summed E-state index contributed by atoms with van der Waals surface area (Å²) in [6, 6.07) is 0. The monoisotopic (exact) mass is 610 g/mol. The number of esters is 1. The molecule has 6 heteroatoms. The summed E-state index contributed by atoms with van der Waals surface area (Å²) < 4.78 is 43.9. The van der Waals surface area contributed by atoms with Crippen LogP contribution in [0.1, 0.15) is 105 Å². The summed E-state index contributed by atoms with van der Waals surface area (Å²) in [5.41, 5.74) is 0.383. The third-order valence-corrected chi connectivity index (χ3v) is 12.6. The normalized spacial score (nSPS) is 44.3. The molecule has 4 rings (SSSR count). The van der Waals surface area contributed by atoms with E-state index >= 15 is 0 Å². The topological polar surface area (TPSA) is 26.3 Å². The van der Waals surface area contributed by atoms with Crippen molar-refractivity contribution in [1.82, 2.24) is 0 Å². The van der Waals surface area contributed by atoms with Gasteiger partial charge >= 0.3 is 12.1 Å². The van der Waals surface area contributed by atoms with E-state index in [2.05, 4.69) is 57.2 Å². The van der Waals surface area contributed by atoms with Gasteiger partial charge in [-0.3, -0.25) is 0 Å². The van der Waals surface area contributed by atoms with Crippen LogP contribution < -0.4 is 0 Å². The number of carbonyl (C=O) groups excluding carboxylic acids is 1. The predicted molar refractivity (Wildman–Crippen MR) is 142 cm³/mol. The van der Waals surface area contributed by atoms with Crippen molar-refractivity contribution in [3.63, 3.8) is 0 Å². The lowest BCUT2D eigenvalue weighted by Gasteiger charge is -2.62. The van der Waals surface area contributed by atoms with Crippen LogP contribution in [0.25, 0.3) is 0 Å². The second-order valence-electron chi connectivity index (χ2n) is 13.6. The van der Waals surface area contributed by atoms with Gasteiger partial charge in [0.15, 0.2) is 0 Å². The van der Waals surface area contributed by atoms with Crippen LogP contribution in [0, 0.1) is 52.3 Å². The first-order valence-corrected chi connectivity index (χ1v) is 15.4. The quantitative estimate of drug-likeness (QED) is 0.171. The van der Waals surface area contributed by atoms with Crippen LogP contribution >= 0.6 is 22.6 Å². The van der Waals surface area contributed by atoms with Crippen molar-refractivity contribution in [1.29, 1.82) is 0 Å². The molecule has 202 valence electrons. The van der Waals surface area contributed by atoms with E-state index in [1.165, 1.54) is 57.8 Å². The summed E-state index contributed by atoms with van der Waals surface area (Å²) in [7, 11) is 0. The number of rotatable bonds is 6. The van der Waals surface area contributed by atoms with Crippen molar-refractivity contribution in [3.8, 4) is 0 Å². The van der Waals surface area contributed by atoms with E-state index in [1.54, 1.807) is 0 Å². The van der Waals surface area contributed by atoms with Crippen LogP contribution in [0.2, 0.25) is 0 Å². The summed E-state index contributed by atoms with van der Waals surface area (Å²) in [5.74, 6) is 2.83. The minimum atomic E-state index is -4.92. The molecule has 4 saturated carbocycles. The molecule has 4 aliphatic carbocycles. The van der Waals surface area contributed by atoms with Crippen LogP contribution in [0.5, 0.6) is 0 Å². The van der Waals surface area contributed by atoms with E-state index in [9.17, 15) is 18.0 Å². The first-order valence-electron chi connectivity index (χ1n) is 14.2. The summed E-state index contributed by atoms with van der Waals surface area (Å²) >= 11 is 2.23. The molecule has 0 N–H and O–H groups in total. The van der Waals surface area contributed by atoms with Crippen molar-refractivity contribution in [2.24, 2.45) is 52.3 Å². The average Bonchev–Trinajstić information content (AvgIpc) is 3.11. The van der Waals surface area contributed by atoms with Gasteiger partial charge < -0.3 is 4.74 Å². The SMILES string of the molecule is CC(C)CCCC(C)C1CCC2C3CCC4CC(I)C(OC(=O)C(F)(F)F)CC4(C)C3CCC12C. The maximum absolute atomic E-state index is 13.0. The molecule has 0 aliphatic heterocycles. The standard InChI is InChI=1S/C29H46F3IO2/c1-17(2)7-6-8-18(3)21-11-12-22-20-10-9-19-15-24(33)25(35-26(34)29(30,31)32)16-28(19,5)23(20)13-14-27(21,22)4/h17-25H,6-16H2,1-5H3. The lowest BCUT2D eigenvalue weighted by atomic mass is 9.44. The zero-order chi connectivity index (χ0) is 25.8. The molecule has 4 aliphatic rings. The Labute approximate surface area is 224 Å². The van der Waals surface area contributed by atoms with E-state index in [4.69, 9.17) is 4.74 Å². The molecule has 0 saturated heterocycles. The zero-order valence-electron chi connectivity index (χ0n) is 22.3. The van der Waals surface area contributed by atoms with Gasteiger partial charge in [-0.2, -0.15) is 13.2 Å². The molecule has 4 fully saturated rings. The molecule has 0 bridgehead atoms. The van der Waals surface area contributed by atoms with Crippen LogP contribution in [0.15, 0.2) is 0 Å². The highest BCUT2D eigenvalue weighted by molar-refractivity contribution is 14.1. The van der Waals surface area contributed by atoms with Gasteiger partial charge in [0.2, 0.25) is 0 Å². The molecule has 0 amide bonds. The molecule has 0 aromatic rings. The van der Waals surface area contributed by atoms with Crippen molar-refractivity contribution in [3.05, 3.63) is 0 Å². The Balaban J connectivity index is 1.48. The molecule has 0 heterocycles. The minimum Gasteiger partial charge on any atom is -0.455 e. The van der Waals surface area contributed by atoms with E-state index in [-0.39, 0.29) is 9.34 Å². The Morgan fingerprint density at radius 2 is 1.69 bits per heavy atom. The smallest absolute Gasteiger partial charge is 0.455 e. The number of halogens is 4. The van der Waals surface area contributed by atoms with E-state index in [0.717, 1.165) is 30.1 Å². The van der Waals surface area contributed by atoms with Crippen molar-refractivity contribution < 1.29 is 22.7 Å². The van der Waals surface area contributed by atoms with Crippen molar-refractivity contribution >= 4 is 28.6 Å². The Bertz CT molecular complexity index is 770. The Morgan fingerprint density at radius 1 is 1.00 bits per heavy atom. The summed E-state index contributed by atoms with van der Waals surface area (Å²) in [6.07, 6.45) is 7.45. The Kier molecular flexibility index (Phi) is 8.23. The van der Waals surface area contributed by atoms with Gasteiger partial charge in [0, 0.05) is 3.92 Å². The highest BCUT2D eigenvalue weighted by Gasteiger charge is 2.62. The van der Waals surface area contributed by atoms with Crippen LogP contribution in [-0.2, 0) is 9.53 Å². The van der Waals surface area contributed by atoms with Gasteiger partial charge in [-0.25, -0.2) is 4.79 Å². The van der Waals surface area contributed by atoms with Crippen LogP contribution in [-0.4, -0.2) is 22.2 Å². The van der Waals surface area contributed by atoms with Gasteiger partial charge in [0.05, 0.1) is 0 Å². The Hall–Kier alpha value is -0.0100. The van der Waals surface area contributed by atoms with Crippen molar-refractivity contribution in [2.45, 2.75) is 121 Å². The number of ether oxygens (including phenoxy) is 1. The second-order valence-corrected chi connectivity index (χ2v) is 15.2. The number of hydrogen-bond donors (Lipinski definition) is 0. The lowest BCUT2D eigenvalue weighted by molar-refractivity contribution is -0.211. The van der Waals surface area contributed by atoms with E-state index in [0.29, 0.717) is 29.6 Å². The molecule has 0 radical (unpaired) electrons. The third kappa shape index (κ3) is 5.30. The fourth-order valence-electron chi connectivity index (χ4n) is 9.57. The van der Waals surface area contributed by atoms with E-state index < -0.39 is 18.2 Å². The molecule has 0 spiro atoms. The van der Waals surface area contributed by atoms with Gasteiger partial charge in [-0.15, -0.1) is 0 Å². The molecule has 10 atom stereocenters. The first kappa shape index (κ1) is 28.0. The average molecular weight is 611 g/mol. The second kappa shape index (κ2) is 10.3. The largest absolute Gasteiger partial charge is 0.490 e. The summed E-state index contributed by atoms with van der Waals surface area (Å²) in [5, 5.41) is 0. The maximum atomic E-state index is 13.0. The van der Waals surface area contributed by atoms with Crippen LogP contribution in [0.3, 0.4) is 0 Å². The summed E-state index contributed by atoms with van der Waals surface area (Å²) in [4.78, 5) is 11.7. The van der Waals surface area contributed by atoms with Gasteiger partial charge in [0.25, 0.3) is 0 Å². The molecule has 0 aromatic carbocycles. The number of alkyl halides is 4. The molecule has 35 heavy (non-hydrogen) atoms. The highest BCUT2D eigenvalue weighted by Crippen LogP contribution is 2.68. The highest BCUT2D eigenvalue weighted by atomic mass is 127. The van der Waals surface area contributed by atoms with Gasteiger partial charge in [0.1, 0.15) is 6.10 Å². The fourth-order valence-corrected chi connectivity index (χ4v) is 10.6.